The number of hydrogen-bond donors (Lipinski definition) is 3. The number of likely N-dealkylation sites (tertiary alicyclic amines) is 1. The molecule has 3 atom stereocenters. The molecule has 1 rings (SSSR count). The summed E-state index contributed by atoms with van der Waals surface area (Å²) in [4.78, 5) is 24.3. The molecule has 0 aliphatic carbocycles. The van der Waals surface area contributed by atoms with E-state index in [0.29, 0.717) is 6.61 Å². The molecule has 0 aromatic rings. The highest BCUT2D eigenvalue weighted by Gasteiger charge is 2.39. The molecule has 2 amide bonds. The third-order valence-electron chi connectivity index (χ3n) is 3.16. The van der Waals surface area contributed by atoms with Crippen molar-refractivity contribution in [2.24, 2.45) is 0 Å². The number of aliphatic hydroxyl groups is 1. The second-order valence-electron chi connectivity index (χ2n) is 4.79. The maximum Gasteiger partial charge on any atom is 0.326 e. The van der Waals surface area contributed by atoms with Crippen molar-refractivity contribution in [3.8, 4) is 0 Å². The first-order chi connectivity index (χ1) is 8.99. The molecule has 0 bridgehead atoms. The molecule has 0 spiro atoms. The van der Waals surface area contributed by atoms with Crippen LogP contribution in [0, 0.1) is 0 Å². The number of nitrogens with zero attached hydrogens (tertiary/aromatic N) is 1. The lowest BCUT2D eigenvalue weighted by atomic mass is 10.2. The van der Waals surface area contributed by atoms with E-state index in [4.69, 9.17) is 9.84 Å². The van der Waals surface area contributed by atoms with E-state index in [2.05, 4.69) is 5.32 Å². The molecular formula is C12H22N2O5. The zero-order valence-corrected chi connectivity index (χ0v) is 11.3. The first-order valence-corrected chi connectivity index (χ1v) is 6.46. The van der Waals surface area contributed by atoms with E-state index in [1.165, 1.54) is 4.90 Å². The molecule has 0 radical (unpaired) electrons. The fraction of sp³-hybridized carbons (Fsp3) is 0.833. The number of carbonyl (C=O) groups is 2. The summed E-state index contributed by atoms with van der Waals surface area (Å²) < 4.78 is 5.02. The van der Waals surface area contributed by atoms with Gasteiger partial charge in [-0.1, -0.05) is 13.3 Å². The van der Waals surface area contributed by atoms with Gasteiger partial charge in [-0.15, -0.1) is 0 Å². The Kier molecular flexibility index (Phi) is 6.04. The highest BCUT2D eigenvalue weighted by molar-refractivity contribution is 5.83. The molecule has 110 valence electrons. The largest absolute Gasteiger partial charge is 0.480 e. The average molecular weight is 274 g/mol. The predicted molar refractivity (Wildman–Crippen MR) is 67.9 cm³/mol. The summed E-state index contributed by atoms with van der Waals surface area (Å²) in [6.07, 6.45) is 0.942. The number of nitrogens with one attached hydrogen (secondary N) is 1. The summed E-state index contributed by atoms with van der Waals surface area (Å²) in [7, 11) is 1.55. The van der Waals surface area contributed by atoms with Crippen LogP contribution in [-0.2, 0) is 9.53 Å². The minimum absolute atomic E-state index is 0.0502. The Morgan fingerprint density at radius 1 is 1.53 bits per heavy atom. The van der Waals surface area contributed by atoms with Gasteiger partial charge in [0.05, 0.1) is 18.8 Å². The number of aliphatic hydroxyl groups excluding tert-OH is 1. The molecule has 7 heteroatoms. The van der Waals surface area contributed by atoms with Gasteiger partial charge in [-0.3, -0.25) is 0 Å². The van der Waals surface area contributed by atoms with Gasteiger partial charge in [0.1, 0.15) is 6.04 Å². The first kappa shape index (κ1) is 15.7. The zero-order valence-electron chi connectivity index (χ0n) is 11.3. The molecule has 1 heterocycles. The molecule has 3 unspecified atom stereocenters. The van der Waals surface area contributed by atoms with Crippen LogP contribution in [0.5, 0.6) is 0 Å². The zero-order chi connectivity index (χ0) is 14.4. The summed E-state index contributed by atoms with van der Waals surface area (Å²) in [6.45, 7) is 2.43. The van der Waals surface area contributed by atoms with Crippen LogP contribution in [-0.4, -0.2) is 65.6 Å². The van der Waals surface area contributed by atoms with Crippen molar-refractivity contribution in [3.05, 3.63) is 0 Å². The SMILES string of the molecule is CCCC(COC)NC(=O)N1CC(O)CC1C(=O)O. The number of hydrogen-bond acceptors (Lipinski definition) is 4. The summed E-state index contributed by atoms with van der Waals surface area (Å²) >= 11 is 0. The lowest BCUT2D eigenvalue weighted by Crippen LogP contribution is -2.50. The fourth-order valence-corrected chi connectivity index (χ4v) is 2.28. The molecule has 1 aliphatic heterocycles. The van der Waals surface area contributed by atoms with E-state index in [9.17, 15) is 14.7 Å². The van der Waals surface area contributed by atoms with Crippen molar-refractivity contribution in [1.29, 1.82) is 0 Å². The number of methoxy groups -OCH3 is 1. The average Bonchev–Trinajstić information content (AvgIpc) is 2.72. The van der Waals surface area contributed by atoms with E-state index < -0.39 is 24.1 Å². The molecule has 1 fully saturated rings. The number of β-amino-alcohol motifs (C(OH)–C–C–N with tert-alkyl or cyclic N) is 1. The van der Waals surface area contributed by atoms with Gasteiger partial charge in [0, 0.05) is 20.1 Å². The lowest BCUT2D eigenvalue weighted by Gasteiger charge is -2.25. The van der Waals surface area contributed by atoms with Crippen molar-refractivity contribution in [2.75, 3.05) is 20.3 Å². The van der Waals surface area contributed by atoms with Gasteiger partial charge in [0.25, 0.3) is 0 Å². The van der Waals surface area contributed by atoms with Crippen molar-refractivity contribution >= 4 is 12.0 Å². The van der Waals surface area contributed by atoms with Crippen LogP contribution in [0.25, 0.3) is 0 Å². The predicted octanol–water partition coefficient (Wildman–Crippen LogP) is 0.0309. The van der Waals surface area contributed by atoms with Gasteiger partial charge in [-0.2, -0.15) is 0 Å². The van der Waals surface area contributed by atoms with Crippen molar-refractivity contribution < 1.29 is 24.5 Å². The van der Waals surface area contributed by atoms with Gasteiger partial charge in [0.15, 0.2) is 0 Å². The smallest absolute Gasteiger partial charge is 0.326 e. The summed E-state index contributed by atoms with van der Waals surface area (Å²) in [5.41, 5.74) is 0. The molecule has 0 aromatic heterocycles. The maximum atomic E-state index is 12.1. The van der Waals surface area contributed by atoms with Crippen LogP contribution in [0.4, 0.5) is 4.79 Å². The Balaban J connectivity index is 2.62. The highest BCUT2D eigenvalue weighted by Crippen LogP contribution is 2.18. The Morgan fingerprint density at radius 3 is 2.74 bits per heavy atom. The summed E-state index contributed by atoms with van der Waals surface area (Å²) in [5.74, 6) is -1.09. The van der Waals surface area contributed by atoms with Crippen LogP contribution in [0.3, 0.4) is 0 Å². The first-order valence-electron chi connectivity index (χ1n) is 6.46. The van der Waals surface area contributed by atoms with E-state index >= 15 is 0 Å². The number of carboxylic acids is 1. The van der Waals surface area contributed by atoms with Gasteiger partial charge in [-0.25, -0.2) is 9.59 Å². The molecule has 1 saturated heterocycles. The summed E-state index contributed by atoms with van der Waals surface area (Å²) in [6, 6.07) is -1.56. The minimum atomic E-state index is -1.09. The Labute approximate surface area is 112 Å². The van der Waals surface area contributed by atoms with Crippen LogP contribution >= 0.6 is 0 Å². The quantitative estimate of drug-likeness (QED) is 0.634. The summed E-state index contributed by atoms with van der Waals surface area (Å²) in [5, 5.41) is 21.3. The highest BCUT2D eigenvalue weighted by atomic mass is 16.5. The van der Waals surface area contributed by atoms with Crippen molar-refractivity contribution in [1.82, 2.24) is 10.2 Å². The third kappa shape index (κ3) is 4.36. The number of rotatable bonds is 6. The number of amides is 2. The molecule has 1 aliphatic rings. The normalized spacial score (nSPS) is 24.3. The minimum Gasteiger partial charge on any atom is -0.480 e. The van der Waals surface area contributed by atoms with Gasteiger partial charge < -0.3 is 25.2 Å². The molecule has 0 aromatic carbocycles. The number of carboxylic acid groups (broad SMARTS) is 1. The van der Waals surface area contributed by atoms with Crippen molar-refractivity contribution in [3.63, 3.8) is 0 Å². The van der Waals surface area contributed by atoms with E-state index in [1.54, 1.807) is 7.11 Å². The fourth-order valence-electron chi connectivity index (χ4n) is 2.28. The lowest BCUT2D eigenvalue weighted by molar-refractivity contribution is -0.141. The number of aliphatic carboxylic acids is 1. The van der Waals surface area contributed by atoms with Crippen LogP contribution in [0.1, 0.15) is 26.2 Å². The molecule has 19 heavy (non-hydrogen) atoms. The van der Waals surface area contributed by atoms with Gasteiger partial charge >= 0.3 is 12.0 Å². The molecule has 7 nitrogen and oxygen atoms in total. The Morgan fingerprint density at radius 2 is 2.21 bits per heavy atom. The van der Waals surface area contributed by atoms with Gasteiger partial charge in [-0.05, 0) is 6.42 Å². The Hall–Kier alpha value is -1.34. The topological polar surface area (TPSA) is 99.1 Å². The van der Waals surface area contributed by atoms with Crippen LogP contribution in [0.2, 0.25) is 0 Å². The van der Waals surface area contributed by atoms with Crippen LogP contribution in [0.15, 0.2) is 0 Å². The van der Waals surface area contributed by atoms with E-state index in [1.807, 2.05) is 6.92 Å². The second-order valence-corrected chi connectivity index (χ2v) is 4.79. The number of urea groups is 1. The molecule has 3 N–H and O–H groups in total. The number of carbonyl (C=O) groups excluding carboxylic acids is 1. The van der Waals surface area contributed by atoms with Crippen LogP contribution < -0.4 is 5.32 Å². The molecular weight excluding hydrogens is 252 g/mol. The maximum absolute atomic E-state index is 12.1. The third-order valence-corrected chi connectivity index (χ3v) is 3.16. The van der Waals surface area contributed by atoms with E-state index in [-0.39, 0.29) is 19.0 Å². The molecule has 0 saturated carbocycles. The van der Waals surface area contributed by atoms with E-state index in [0.717, 1.165) is 12.8 Å². The monoisotopic (exact) mass is 274 g/mol. The Bertz CT molecular complexity index is 317. The van der Waals surface area contributed by atoms with Crippen molar-refractivity contribution in [2.45, 2.75) is 44.4 Å². The van der Waals surface area contributed by atoms with Gasteiger partial charge in [0.2, 0.25) is 0 Å². The standard InChI is InChI=1S/C12H22N2O5/c1-3-4-8(7-19-2)13-12(18)14-6-9(15)5-10(14)11(16)17/h8-10,15H,3-7H2,1-2H3,(H,13,18)(H,16,17). The second kappa shape index (κ2) is 7.30. The number of ether oxygens (including phenoxy) is 1.